The van der Waals surface area contributed by atoms with E-state index in [1.54, 1.807) is 14.1 Å². The topological polar surface area (TPSA) is 46.3 Å². The van der Waals surface area contributed by atoms with Crippen molar-refractivity contribution in [2.45, 2.75) is 25.2 Å². The first-order chi connectivity index (χ1) is 7.52. The molecule has 17 heavy (non-hydrogen) atoms. The minimum atomic E-state index is 0. The Kier molecular flexibility index (Phi) is 6.75. The van der Waals surface area contributed by atoms with Crippen LogP contribution in [-0.2, 0) is 10.2 Å². The summed E-state index contributed by atoms with van der Waals surface area (Å²) in [6, 6.07) is 4.31. The van der Waals surface area contributed by atoms with Crippen LogP contribution in [0.1, 0.15) is 24.6 Å². The fraction of sp³-hybridized carbons (Fsp3) is 0.583. The average Bonchev–Trinajstić information content (AvgIpc) is 2.85. The molecule has 1 aliphatic carbocycles. The van der Waals surface area contributed by atoms with Crippen molar-refractivity contribution in [1.29, 1.82) is 0 Å². The lowest BCUT2D eigenvalue weighted by Crippen LogP contribution is -2.18. The van der Waals surface area contributed by atoms with Gasteiger partial charge in [-0.3, -0.25) is 4.79 Å². The van der Waals surface area contributed by atoms with Crippen molar-refractivity contribution < 1.29 is 4.79 Å². The van der Waals surface area contributed by atoms with Gasteiger partial charge in [0.05, 0.1) is 0 Å². The van der Waals surface area contributed by atoms with Gasteiger partial charge >= 0.3 is 0 Å². The predicted octanol–water partition coefficient (Wildman–Crippen LogP) is 2.25. The van der Waals surface area contributed by atoms with E-state index in [2.05, 4.69) is 17.5 Å². The van der Waals surface area contributed by atoms with Gasteiger partial charge in [0.15, 0.2) is 0 Å². The molecule has 3 nitrogen and oxygen atoms in total. The van der Waals surface area contributed by atoms with Crippen molar-refractivity contribution >= 4 is 29.7 Å². The molecule has 2 N–H and O–H groups in total. The monoisotopic (exact) mass is 276 g/mol. The van der Waals surface area contributed by atoms with Gasteiger partial charge in [0.1, 0.15) is 0 Å². The molecular weight excluding hydrogens is 256 g/mol. The molecule has 0 aromatic carbocycles. The zero-order valence-corrected chi connectivity index (χ0v) is 12.2. The predicted molar refractivity (Wildman–Crippen MR) is 75.9 cm³/mol. The maximum Gasteiger partial charge on any atom is 0.218 e. The summed E-state index contributed by atoms with van der Waals surface area (Å²) < 4.78 is 0. The maximum atomic E-state index is 10.1. The molecule has 0 bridgehead atoms. The fourth-order valence-corrected chi connectivity index (χ4v) is 2.28. The van der Waals surface area contributed by atoms with Crippen LogP contribution in [0.2, 0.25) is 0 Å². The van der Waals surface area contributed by atoms with Crippen molar-refractivity contribution in [1.82, 2.24) is 4.90 Å². The lowest BCUT2D eigenvalue weighted by molar-refractivity contribution is -0.126. The second-order valence-electron chi connectivity index (χ2n) is 4.38. The summed E-state index contributed by atoms with van der Waals surface area (Å²) >= 11 is 1.84. The Morgan fingerprint density at radius 3 is 2.29 bits per heavy atom. The van der Waals surface area contributed by atoms with Gasteiger partial charge in [-0.05, 0) is 24.3 Å². The number of nitrogens with two attached hydrogens (primary N) is 1. The molecule has 0 aliphatic heterocycles. The first kappa shape index (κ1) is 16.4. The lowest BCUT2D eigenvalue weighted by Gasteiger charge is -2.07. The zero-order valence-electron chi connectivity index (χ0n) is 10.6. The summed E-state index contributed by atoms with van der Waals surface area (Å²) in [5.74, 6) is 0.0926. The number of amides is 1. The third-order valence-corrected chi connectivity index (χ3v) is 4.03. The smallest absolute Gasteiger partial charge is 0.218 e. The highest BCUT2D eigenvalue weighted by Gasteiger charge is 2.43. The van der Waals surface area contributed by atoms with Gasteiger partial charge in [-0.2, -0.15) is 0 Å². The van der Waals surface area contributed by atoms with E-state index in [4.69, 9.17) is 5.73 Å². The summed E-state index contributed by atoms with van der Waals surface area (Å²) in [6.45, 7) is 2.35. The molecule has 1 saturated carbocycles. The number of halogens is 1. The van der Waals surface area contributed by atoms with Gasteiger partial charge in [-0.15, -0.1) is 23.7 Å². The van der Waals surface area contributed by atoms with Gasteiger partial charge in [-0.1, -0.05) is 6.07 Å². The van der Waals surface area contributed by atoms with Crippen LogP contribution in [0.25, 0.3) is 0 Å². The van der Waals surface area contributed by atoms with Crippen LogP contribution in [0.3, 0.4) is 0 Å². The molecule has 0 spiro atoms. The van der Waals surface area contributed by atoms with E-state index in [1.807, 2.05) is 11.3 Å². The number of nitrogens with zero attached hydrogens (tertiary/aromatic N) is 1. The molecule has 1 heterocycles. The summed E-state index contributed by atoms with van der Waals surface area (Å²) in [5, 5.41) is 2.13. The molecule has 98 valence electrons. The first-order valence-corrected chi connectivity index (χ1v) is 6.32. The number of thiophene rings is 1. The molecule has 0 radical (unpaired) electrons. The quantitative estimate of drug-likeness (QED) is 0.901. The second-order valence-corrected chi connectivity index (χ2v) is 5.32. The molecule has 0 unspecified atom stereocenters. The van der Waals surface area contributed by atoms with Crippen molar-refractivity contribution in [3.63, 3.8) is 0 Å². The van der Waals surface area contributed by atoms with Gasteiger partial charge in [0, 0.05) is 37.9 Å². The molecule has 1 aliphatic rings. The number of hydrogen-bond donors (Lipinski definition) is 1. The standard InChI is InChI=1S/C8H11NS.C4H9NO.ClH/c9-6-8(3-4-8)7-2-1-5-10-7;1-4(6)5(2)3;/h1-2,5H,3-4,6,9H2;1-3H3;1H. The van der Waals surface area contributed by atoms with Gasteiger partial charge < -0.3 is 10.6 Å². The van der Waals surface area contributed by atoms with Crippen molar-refractivity contribution in [2.24, 2.45) is 5.73 Å². The van der Waals surface area contributed by atoms with E-state index in [1.165, 1.54) is 29.5 Å². The molecule has 1 amide bonds. The van der Waals surface area contributed by atoms with Crippen LogP contribution in [-0.4, -0.2) is 31.4 Å². The van der Waals surface area contributed by atoms with Crippen molar-refractivity contribution in [3.05, 3.63) is 22.4 Å². The fourth-order valence-electron chi connectivity index (χ4n) is 1.28. The third kappa shape index (κ3) is 4.66. The van der Waals surface area contributed by atoms with Gasteiger partial charge in [0.25, 0.3) is 0 Å². The Morgan fingerprint density at radius 2 is 2.06 bits per heavy atom. The van der Waals surface area contributed by atoms with Crippen LogP contribution in [0, 0.1) is 0 Å². The molecule has 2 rings (SSSR count). The summed E-state index contributed by atoms with van der Waals surface area (Å²) in [4.78, 5) is 13.1. The Hall–Kier alpha value is -0.580. The minimum Gasteiger partial charge on any atom is -0.349 e. The van der Waals surface area contributed by atoms with Crippen LogP contribution < -0.4 is 5.73 Å². The minimum absolute atomic E-state index is 0. The van der Waals surface area contributed by atoms with Crippen LogP contribution in [0.15, 0.2) is 17.5 Å². The van der Waals surface area contributed by atoms with Crippen LogP contribution in [0.5, 0.6) is 0 Å². The molecule has 1 fully saturated rings. The number of carbonyl (C=O) groups excluding carboxylic acids is 1. The number of carbonyl (C=O) groups is 1. The zero-order chi connectivity index (χ0) is 12.2. The van der Waals surface area contributed by atoms with Crippen LogP contribution >= 0.6 is 23.7 Å². The molecule has 5 heteroatoms. The van der Waals surface area contributed by atoms with E-state index in [0.29, 0.717) is 5.41 Å². The highest BCUT2D eigenvalue weighted by molar-refractivity contribution is 7.10. The summed E-state index contributed by atoms with van der Waals surface area (Å²) in [6.07, 6.45) is 2.59. The largest absolute Gasteiger partial charge is 0.349 e. The van der Waals surface area contributed by atoms with E-state index >= 15 is 0 Å². The number of rotatable bonds is 2. The highest BCUT2D eigenvalue weighted by Crippen LogP contribution is 2.48. The summed E-state index contributed by atoms with van der Waals surface area (Å²) in [5.41, 5.74) is 6.08. The Labute approximate surface area is 113 Å². The SMILES string of the molecule is CC(=O)N(C)C.Cl.NCC1(c2cccs2)CC1. The normalized spacial score (nSPS) is 15.1. The second kappa shape index (κ2) is 6.99. The van der Waals surface area contributed by atoms with E-state index in [0.717, 1.165) is 6.54 Å². The Morgan fingerprint density at radius 1 is 1.53 bits per heavy atom. The van der Waals surface area contributed by atoms with Crippen molar-refractivity contribution in [3.8, 4) is 0 Å². The molecule has 0 saturated heterocycles. The molecule has 0 atom stereocenters. The van der Waals surface area contributed by atoms with E-state index in [-0.39, 0.29) is 18.3 Å². The van der Waals surface area contributed by atoms with Crippen LogP contribution in [0.4, 0.5) is 0 Å². The number of hydrogen-bond acceptors (Lipinski definition) is 3. The average molecular weight is 277 g/mol. The third-order valence-electron chi connectivity index (χ3n) is 2.92. The molecule has 1 aromatic heterocycles. The van der Waals surface area contributed by atoms with Gasteiger partial charge in [0.2, 0.25) is 5.91 Å². The van der Waals surface area contributed by atoms with E-state index in [9.17, 15) is 4.79 Å². The van der Waals surface area contributed by atoms with Gasteiger partial charge in [-0.25, -0.2) is 0 Å². The lowest BCUT2D eigenvalue weighted by atomic mass is 10.1. The highest BCUT2D eigenvalue weighted by atomic mass is 35.5. The first-order valence-electron chi connectivity index (χ1n) is 5.44. The summed E-state index contributed by atoms with van der Waals surface area (Å²) in [7, 11) is 3.45. The molecular formula is C12H21ClN2OS. The molecule has 1 aromatic rings. The Bertz CT molecular complexity index is 334. The van der Waals surface area contributed by atoms with E-state index < -0.39 is 0 Å². The Balaban J connectivity index is 0.000000324. The van der Waals surface area contributed by atoms with Crippen molar-refractivity contribution in [2.75, 3.05) is 20.6 Å². The maximum absolute atomic E-state index is 10.1.